The van der Waals surface area contributed by atoms with Gasteiger partial charge < -0.3 is 10.2 Å². The van der Waals surface area contributed by atoms with Crippen molar-refractivity contribution in [3.8, 4) is 17.2 Å². The van der Waals surface area contributed by atoms with Crippen molar-refractivity contribution in [2.45, 2.75) is 13.2 Å². The van der Waals surface area contributed by atoms with Crippen LogP contribution in [0.15, 0.2) is 42.5 Å². The molecule has 0 saturated carbocycles. The van der Waals surface area contributed by atoms with E-state index in [1.165, 1.54) is 0 Å². The van der Waals surface area contributed by atoms with Gasteiger partial charge in [0.05, 0.1) is 11.6 Å². The molecule has 2 aromatic rings. The highest BCUT2D eigenvalue weighted by Crippen LogP contribution is 2.26. The second-order valence-corrected chi connectivity index (χ2v) is 4.10. The van der Waals surface area contributed by atoms with Crippen LogP contribution in [0.3, 0.4) is 0 Å². The summed E-state index contributed by atoms with van der Waals surface area (Å²) < 4.78 is 0. The first-order chi connectivity index (χ1) is 8.63. The summed E-state index contributed by atoms with van der Waals surface area (Å²) in [6.45, 7) is 1.81. The molecule has 2 rings (SSSR count). The Morgan fingerprint density at radius 3 is 2.44 bits per heavy atom. The highest BCUT2D eigenvalue weighted by molar-refractivity contribution is 5.71. The van der Waals surface area contributed by atoms with Crippen molar-refractivity contribution in [2.75, 3.05) is 0 Å². The second-order valence-electron chi connectivity index (χ2n) is 4.10. The molecule has 0 spiro atoms. The summed E-state index contributed by atoms with van der Waals surface area (Å²) in [6.07, 6.45) is -1.47. The summed E-state index contributed by atoms with van der Waals surface area (Å²) >= 11 is 0. The highest BCUT2D eigenvalue weighted by Gasteiger charge is 2.09. The van der Waals surface area contributed by atoms with Gasteiger partial charge in [-0.25, -0.2) is 0 Å². The van der Waals surface area contributed by atoms with Crippen LogP contribution in [-0.4, -0.2) is 10.2 Å². The van der Waals surface area contributed by atoms with E-state index in [4.69, 9.17) is 15.5 Å². The Kier molecular flexibility index (Phi) is 3.42. The molecular weight excluding hydrogens is 226 g/mol. The van der Waals surface area contributed by atoms with E-state index < -0.39 is 6.29 Å². The summed E-state index contributed by atoms with van der Waals surface area (Å²) in [4.78, 5) is 0. The predicted molar refractivity (Wildman–Crippen MR) is 68.5 cm³/mol. The van der Waals surface area contributed by atoms with Crippen molar-refractivity contribution < 1.29 is 10.2 Å². The molecule has 0 amide bonds. The number of aliphatic hydroxyl groups is 2. The number of aliphatic hydroxyl groups excluding tert-OH is 1. The maximum atomic E-state index is 9.17. The van der Waals surface area contributed by atoms with E-state index in [-0.39, 0.29) is 0 Å². The molecule has 0 heterocycles. The zero-order valence-electron chi connectivity index (χ0n) is 9.96. The lowest BCUT2D eigenvalue weighted by molar-refractivity contribution is -0.0429. The van der Waals surface area contributed by atoms with Crippen LogP contribution < -0.4 is 0 Å². The van der Waals surface area contributed by atoms with Crippen LogP contribution in [0.2, 0.25) is 0 Å². The average Bonchev–Trinajstić information content (AvgIpc) is 2.38. The normalized spacial score (nSPS) is 10.4. The minimum atomic E-state index is -1.47. The maximum Gasteiger partial charge on any atom is 0.178 e. The number of hydrogen-bond acceptors (Lipinski definition) is 3. The van der Waals surface area contributed by atoms with Crippen LogP contribution in [0, 0.1) is 18.3 Å². The number of nitrogens with zero attached hydrogens (tertiary/aromatic N) is 1. The van der Waals surface area contributed by atoms with Gasteiger partial charge in [-0.2, -0.15) is 5.26 Å². The standard InChI is InChI=1S/C15H13NO2/c1-10-8-11(6-7-13(10)15(17)18)14-5-3-2-4-12(14)9-16/h2-8,15,17-18H,1H3. The molecule has 0 aliphatic carbocycles. The van der Waals surface area contributed by atoms with Crippen molar-refractivity contribution in [3.63, 3.8) is 0 Å². The summed E-state index contributed by atoms with van der Waals surface area (Å²) in [5, 5.41) is 27.4. The largest absolute Gasteiger partial charge is 0.364 e. The molecule has 0 atom stereocenters. The monoisotopic (exact) mass is 239 g/mol. The Bertz CT molecular complexity index is 612. The minimum Gasteiger partial charge on any atom is -0.364 e. The second kappa shape index (κ2) is 5.01. The van der Waals surface area contributed by atoms with E-state index >= 15 is 0 Å². The third kappa shape index (κ3) is 2.25. The van der Waals surface area contributed by atoms with Gasteiger partial charge in [-0.1, -0.05) is 36.4 Å². The fourth-order valence-electron chi connectivity index (χ4n) is 1.97. The van der Waals surface area contributed by atoms with E-state index in [1.807, 2.05) is 31.2 Å². The predicted octanol–water partition coefficient (Wildman–Crippen LogP) is 2.52. The van der Waals surface area contributed by atoms with Gasteiger partial charge in [-0.15, -0.1) is 0 Å². The number of rotatable bonds is 2. The van der Waals surface area contributed by atoms with Gasteiger partial charge in [0.15, 0.2) is 6.29 Å². The Labute approximate surface area is 106 Å². The quantitative estimate of drug-likeness (QED) is 0.791. The maximum absolute atomic E-state index is 9.17. The SMILES string of the molecule is Cc1cc(-c2ccccc2C#N)ccc1C(O)O. The Balaban J connectivity index is 2.53. The number of benzene rings is 2. The topological polar surface area (TPSA) is 64.2 Å². The highest BCUT2D eigenvalue weighted by atomic mass is 16.5. The van der Waals surface area contributed by atoms with E-state index in [0.29, 0.717) is 11.1 Å². The summed E-state index contributed by atoms with van der Waals surface area (Å²) in [5.74, 6) is 0. The third-order valence-electron chi connectivity index (χ3n) is 2.91. The van der Waals surface area contributed by atoms with E-state index in [1.54, 1.807) is 18.2 Å². The molecule has 0 saturated heterocycles. The van der Waals surface area contributed by atoms with Crippen LogP contribution in [0.25, 0.3) is 11.1 Å². The van der Waals surface area contributed by atoms with Crippen molar-refractivity contribution in [2.24, 2.45) is 0 Å². The van der Waals surface area contributed by atoms with Crippen LogP contribution in [0.1, 0.15) is 23.0 Å². The Morgan fingerprint density at radius 1 is 1.11 bits per heavy atom. The molecular formula is C15H13NO2. The number of nitriles is 1. The van der Waals surface area contributed by atoms with Crippen molar-refractivity contribution in [1.29, 1.82) is 5.26 Å². The number of aryl methyl sites for hydroxylation is 1. The first kappa shape index (κ1) is 12.3. The zero-order valence-corrected chi connectivity index (χ0v) is 9.96. The Hall–Kier alpha value is -2.15. The molecule has 0 unspecified atom stereocenters. The lowest BCUT2D eigenvalue weighted by Gasteiger charge is -2.11. The van der Waals surface area contributed by atoms with Gasteiger partial charge in [-0.3, -0.25) is 0 Å². The van der Waals surface area contributed by atoms with E-state index in [2.05, 4.69) is 6.07 Å². The van der Waals surface area contributed by atoms with Gasteiger partial charge in [0, 0.05) is 5.56 Å². The van der Waals surface area contributed by atoms with Gasteiger partial charge >= 0.3 is 0 Å². The molecule has 0 aromatic heterocycles. The van der Waals surface area contributed by atoms with Gasteiger partial charge in [0.1, 0.15) is 0 Å². The molecule has 3 heteroatoms. The van der Waals surface area contributed by atoms with Crippen molar-refractivity contribution in [3.05, 3.63) is 59.2 Å². The van der Waals surface area contributed by atoms with E-state index in [0.717, 1.165) is 16.7 Å². The van der Waals surface area contributed by atoms with Crippen LogP contribution in [-0.2, 0) is 0 Å². The van der Waals surface area contributed by atoms with Gasteiger partial charge in [0.2, 0.25) is 0 Å². The molecule has 18 heavy (non-hydrogen) atoms. The Morgan fingerprint density at radius 2 is 1.83 bits per heavy atom. The third-order valence-corrected chi connectivity index (χ3v) is 2.91. The van der Waals surface area contributed by atoms with Crippen molar-refractivity contribution in [1.82, 2.24) is 0 Å². The minimum absolute atomic E-state index is 0.480. The van der Waals surface area contributed by atoms with Crippen LogP contribution in [0.5, 0.6) is 0 Å². The summed E-state index contributed by atoms with van der Waals surface area (Å²) in [7, 11) is 0. The zero-order chi connectivity index (χ0) is 13.1. The molecule has 2 aromatic carbocycles. The molecule has 0 fully saturated rings. The molecule has 3 nitrogen and oxygen atoms in total. The van der Waals surface area contributed by atoms with Gasteiger partial charge in [0.25, 0.3) is 0 Å². The average molecular weight is 239 g/mol. The molecule has 0 bridgehead atoms. The fourth-order valence-corrected chi connectivity index (χ4v) is 1.97. The van der Waals surface area contributed by atoms with Crippen molar-refractivity contribution >= 4 is 0 Å². The lowest BCUT2D eigenvalue weighted by atomic mass is 9.96. The lowest BCUT2D eigenvalue weighted by Crippen LogP contribution is -1.98. The number of hydrogen-bond donors (Lipinski definition) is 2. The van der Waals surface area contributed by atoms with Crippen LogP contribution in [0.4, 0.5) is 0 Å². The molecule has 0 radical (unpaired) electrons. The summed E-state index contributed by atoms with van der Waals surface area (Å²) in [6, 6.07) is 14.8. The molecule has 0 aliphatic heterocycles. The van der Waals surface area contributed by atoms with E-state index in [9.17, 15) is 0 Å². The smallest absolute Gasteiger partial charge is 0.178 e. The fraction of sp³-hybridized carbons (Fsp3) is 0.133. The molecule has 0 aliphatic rings. The van der Waals surface area contributed by atoms with Gasteiger partial charge in [-0.05, 0) is 29.7 Å². The molecule has 90 valence electrons. The van der Waals surface area contributed by atoms with Crippen LogP contribution >= 0.6 is 0 Å². The molecule has 2 N–H and O–H groups in total. The first-order valence-corrected chi connectivity index (χ1v) is 5.59. The first-order valence-electron chi connectivity index (χ1n) is 5.59. The summed E-state index contributed by atoms with van der Waals surface area (Å²) in [5.41, 5.74) is 3.62.